The molecular weight excluding hydrogens is 1130 g/mol. The van der Waals surface area contributed by atoms with Crippen molar-refractivity contribution < 1.29 is 63.0 Å². The van der Waals surface area contributed by atoms with Crippen molar-refractivity contribution in [1.82, 2.24) is 29.8 Å². The molecule has 21 nitrogen and oxygen atoms in total. The molecule has 2 aliphatic heterocycles. The third-order valence-corrected chi connectivity index (χ3v) is 11.0. The Bertz CT molecular complexity index is 2640. The van der Waals surface area contributed by atoms with Gasteiger partial charge in [-0.25, -0.2) is 8.42 Å². The standard InChI is InChI=1S/C11H17NO6S2.C10H14N2.C9H13NO2.C9H11NO2.C5H4BrN.C4H5O2.CH3ClO2S.CH5N/c1-19(13,14)17-8-4-6-11(18-20(2,15)16)10-5-3-7-12-9-10;1-12-7-3-5-10(12)9-4-2-6-11-8-9;2*11-6-2-4-9(12)8-3-1-5-10-7-8;6-5-2-1-3-7-4-5;5-4-2-1-3-6-4;1-5(2,3)4;1-2/h3,5,7,9,11H,4,6,8H2,1-2H3;2,4,6,8,10H,3,5,7H2,1H3;1,3,5,7,9,11-12H,2,4,6H2;1,3,5,7,11H,2,4,6H2;1-4H;3H,1-2H2;1H3;2H2,1H3/q;;;;;+1;;. The number of aldehydes is 1. The van der Waals surface area contributed by atoms with Crippen LogP contribution in [-0.2, 0) is 46.9 Å². The zero-order valence-corrected chi connectivity index (χ0v) is 48.1. The molecule has 26 heteroatoms. The number of ketones is 1. The Morgan fingerprint density at radius 3 is 1.70 bits per heavy atom. The highest BCUT2D eigenvalue weighted by molar-refractivity contribution is 9.10. The van der Waals surface area contributed by atoms with Crippen LogP contribution in [0.4, 0.5) is 0 Å². The summed E-state index contributed by atoms with van der Waals surface area (Å²) in [5, 5.41) is 26.5. The molecule has 5 aromatic heterocycles. The lowest BCUT2D eigenvalue weighted by Gasteiger charge is -2.18. The van der Waals surface area contributed by atoms with E-state index in [9.17, 15) is 39.9 Å². The van der Waals surface area contributed by atoms with Crippen molar-refractivity contribution in [3.05, 3.63) is 149 Å². The smallest absolute Gasteiger partial charge is 0.396 e. The number of pyridine rings is 5. The number of nitrogens with zero attached hydrogens (tertiary/aromatic N) is 6. The first kappa shape index (κ1) is 71.1. The molecule has 7 rings (SSSR count). The minimum atomic E-state index is -3.62. The van der Waals surface area contributed by atoms with Crippen molar-refractivity contribution in [2.24, 2.45) is 5.73 Å². The molecule has 0 spiro atoms. The fourth-order valence-electron chi connectivity index (χ4n) is 6.10. The van der Waals surface area contributed by atoms with E-state index in [0.29, 0.717) is 62.1 Å². The molecule has 76 heavy (non-hydrogen) atoms. The van der Waals surface area contributed by atoms with E-state index in [-0.39, 0.29) is 31.6 Å². The Morgan fingerprint density at radius 2 is 1.32 bits per heavy atom. The van der Waals surface area contributed by atoms with Crippen LogP contribution in [-0.4, -0.2) is 148 Å². The van der Waals surface area contributed by atoms with Gasteiger partial charge in [0.25, 0.3) is 20.2 Å². The maximum absolute atomic E-state index is 11.3. The average Bonchev–Trinajstić information content (AvgIpc) is 4.08. The molecule has 5 N–H and O–H groups in total. The molecule has 0 radical (unpaired) electrons. The van der Waals surface area contributed by atoms with Crippen molar-refractivity contribution in [2.45, 2.75) is 82.5 Å². The summed E-state index contributed by atoms with van der Waals surface area (Å²) in [4.78, 5) is 43.2. The molecule has 3 unspecified atom stereocenters. The van der Waals surface area contributed by atoms with Gasteiger partial charge in [0.1, 0.15) is 12.5 Å². The molecular formula is C50H72BrClN7O14S3+. The molecule has 5 aromatic rings. The average molecular weight is 1210 g/mol. The minimum Gasteiger partial charge on any atom is -0.396 e. The van der Waals surface area contributed by atoms with Crippen molar-refractivity contribution >= 4 is 73.9 Å². The van der Waals surface area contributed by atoms with Crippen LogP contribution in [0.15, 0.2) is 127 Å². The number of aliphatic hydroxyl groups excluding tert-OH is 3. The van der Waals surface area contributed by atoms with Crippen molar-refractivity contribution in [3.8, 4) is 0 Å². The summed E-state index contributed by atoms with van der Waals surface area (Å²) in [6.07, 6.45) is 26.7. The number of carbonyl (C=O) groups is 2. The lowest BCUT2D eigenvalue weighted by molar-refractivity contribution is -0.366. The fraction of sp³-hybridized carbons (Fsp3) is 0.440. The molecule has 2 aliphatic rings. The number of nitrogens with two attached hydrogens (primary N) is 1. The van der Waals surface area contributed by atoms with Gasteiger partial charge in [-0.15, -0.1) is 0 Å². The molecule has 0 aliphatic carbocycles. The first-order valence-corrected chi connectivity index (χ1v) is 30.7. The predicted octanol–water partition coefficient (Wildman–Crippen LogP) is 6.27. The number of aromatic nitrogens is 5. The van der Waals surface area contributed by atoms with E-state index in [2.05, 4.69) is 83.9 Å². The normalized spacial score (nSPS) is 14.4. The van der Waals surface area contributed by atoms with Gasteiger partial charge in [-0.3, -0.25) is 47.4 Å². The second-order valence-corrected chi connectivity index (χ2v) is 23.1. The van der Waals surface area contributed by atoms with Gasteiger partial charge in [-0.05, 0) is 135 Å². The Morgan fingerprint density at radius 1 is 0.776 bits per heavy atom. The maximum Gasteiger partial charge on any atom is 0.580 e. The van der Waals surface area contributed by atoms with Gasteiger partial charge in [0.15, 0.2) is 12.1 Å². The maximum atomic E-state index is 11.3. The zero-order valence-electron chi connectivity index (χ0n) is 43.3. The van der Waals surface area contributed by atoms with E-state index < -0.39 is 41.5 Å². The highest BCUT2D eigenvalue weighted by Gasteiger charge is 2.22. The van der Waals surface area contributed by atoms with Crippen LogP contribution < -0.4 is 5.73 Å². The monoisotopic (exact) mass is 1200 g/mol. The Labute approximate surface area is 460 Å². The Balaban J connectivity index is 0.000000894. The number of rotatable bonds is 17. The first-order chi connectivity index (χ1) is 36.0. The molecule has 422 valence electrons. The van der Waals surface area contributed by atoms with Crippen LogP contribution in [0.5, 0.6) is 0 Å². The van der Waals surface area contributed by atoms with Gasteiger partial charge >= 0.3 is 5.97 Å². The number of halogens is 2. The predicted molar refractivity (Wildman–Crippen MR) is 295 cm³/mol. The third-order valence-electron chi connectivity index (χ3n) is 9.40. The molecule has 7 heterocycles. The molecule has 0 saturated carbocycles. The lowest BCUT2D eigenvalue weighted by Crippen LogP contribution is -2.17. The van der Waals surface area contributed by atoms with E-state index in [1.165, 1.54) is 44.5 Å². The van der Waals surface area contributed by atoms with E-state index in [4.69, 9.17) is 14.4 Å². The van der Waals surface area contributed by atoms with Crippen molar-refractivity contribution in [3.63, 3.8) is 0 Å². The van der Waals surface area contributed by atoms with Gasteiger partial charge in [0.2, 0.25) is 9.05 Å². The van der Waals surface area contributed by atoms with Gasteiger partial charge < -0.3 is 21.1 Å². The fourth-order valence-corrected chi connectivity index (χ4v) is 7.42. The summed E-state index contributed by atoms with van der Waals surface area (Å²) in [6.45, 7) is 1.38. The van der Waals surface area contributed by atoms with Crippen LogP contribution >= 0.6 is 26.6 Å². The van der Waals surface area contributed by atoms with Crippen LogP contribution in [0.1, 0.15) is 110 Å². The quantitative estimate of drug-likeness (QED) is 0.0199. The Hall–Kier alpha value is -4.90. The van der Waals surface area contributed by atoms with E-state index >= 15 is 0 Å². The summed E-state index contributed by atoms with van der Waals surface area (Å²) < 4.78 is 77.9. The van der Waals surface area contributed by atoms with Crippen LogP contribution in [0.3, 0.4) is 0 Å². The number of hydrogen-bond donors (Lipinski definition) is 4. The topological polar surface area (TPSA) is 321 Å². The first-order valence-electron chi connectivity index (χ1n) is 23.5. The summed E-state index contributed by atoms with van der Waals surface area (Å²) in [5.74, 6) is -0.0628. The van der Waals surface area contributed by atoms with Crippen molar-refractivity contribution in [1.29, 1.82) is 0 Å². The van der Waals surface area contributed by atoms with Gasteiger partial charge in [0.05, 0.1) is 31.5 Å². The number of carbonyl (C=O) groups excluding carboxylic acids is 3. The number of hydrogen-bond acceptors (Lipinski definition) is 20. The van der Waals surface area contributed by atoms with Crippen LogP contribution in [0.25, 0.3) is 0 Å². The van der Waals surface area contributed by atoms with E-state index in [1.807, 2.05) is 36.7 Å². The zero-order chi connectivity index (χ0) is 57.3. The summed E-state index contributed by atoms with van der Waals surface area (Å²) >= 11 is 3.25. The number of likely N-dealkylation sites (tertiary alicyclic amines) is 1. The number of aliphatic hydroxyl groups is 3. The summed E-state index contributed by atoms with van der Waals surface area (Å²) in [5.41, 5.74) is 7.90. The van der Waals surface area contributed by atoms with Crippen LogP contribution in [0, 0.1) is 0 Å². The van der Waals surface area contributed by atoms with Crippen molar-refractivity contribution in [2.75, 3.05) is 59.2 Å². The molecule has 0 amide bonds. The second kappa shape index (κ2) is 42.2. The van der Waals surface area contributed by atoms with Crippen LogP contribution in [0.2, 0.25) is 0 Å². The Kier molecular flexibility index (Phi) is 39.4. The van der Waals surface area contributed by atoms with Gasteiger partial charge in [0, 0.05) is 125 Å². The van der Waals surface area contributed by atoms with E-state index in [0.717, 1.165) is 35.2 Å². The number of Topliss-reactive ketones (excluding diaryl/α,β-unsaturated/α-hetero) is 1. The highest BCUT2D eigenvalue weighted by atomic mass is 79.9. The molecule has 1 saturated heterocycles. The van der Waals surface area contributed by atoms with Gasteiger partial charge in [-0.2, -0.15) is 16.8 Å². The van der Waals surface area contributed by atoms with E-state index in [1.54, 1.807) is 73.7 Å². The largest absolute Gasteiger partial charge is 0.580 e. The summed E-state index contributed by atoms with van der Waals surface area (Å²) in [6, 6.07) is 19.0. The third kappa shape index (κ3) is 40.4. The molecule has 0 bridgehead atoms. The lowest BCUT2D eigenvalue weighted by atomic mass is 10.1. The second-order valence-electron chi connectivity index (χ2n) is 15.9. The molecule has 1 fully saturated rings. The SMILES string of the molecule is Brc1cccnc1.CN.CN1CCCC1c1cccnc1.CS(=O)(=O)Cl.CS(=O)(=O)OCCCC(OS(C)(=O)=O)c1cccnc1.O=C(CCCO)c1cccnc1.O=C1CCC=[O+]1.OCCCC(O)c1cccnc1. The summed E-state index contributed by atoms with van der Waals surface area (Å²) in [7, 11) is -2.12. The van der Waals surface area contributed by atoms with Gasteiger partial charge in [-0.1, -0.05) is 18.2 Å². The molecule has 0 aromatic carbocycles. The molecule has 3 atom stereocenters. The minimum absolute atomic E-state index is 0.0251. The highest BCUT2D eigenvalue weighted by Crippen LogP contribution is 2.29.